The molecule has 2 atom stereocenters. The molecule has 25 heavy (non-hydrogen) atoms. The van der Waals surface area contributed by atoms with Crippen molar-refractivity contribution in [2.24, 2.45) is 5.41 Å². The van der Waals surface area contributed by atoms with Gasteiger partial charge in [-0.3, -0.25) is 9.59 Å². The molecule has 7 heteroatoms. The van der Waals surface area contributed by atoms with Gasteiger partial charge in [0, 0.05) is 6.54 Å². The molecule has 3 rings (SSSR count). The van der Waals surface area contributed by atoms with E-state index in [2.05, 4.69) is 5.32 Å². The highest BCUT2D eigenvalue weighted by atomic mass is 19.1. The van der Waals surface area contributed by atoms with E-state index in [4.69, 9.17) is 0 Å². The number of rotatable bonds is 6. The Kier molecular flexibility index (Phi) is 4.74. The molecular weight excluding hydrogens is 327 g/mol. The maximum Gasteiger partial charge on any atom is 0.331 e. The molecule has 0 bridgehead atoms. The number of likely N-dealkylation sites (tertiary alicyclic amines) is 1. The maximum absolute atomic E-state index is 13.2. The third-order valence-electron chi connectivity index (χ3n) is 5.25. The van der Waals surface area contributed by atoms with Crippen molar-refractivity contribution in [3.63, 3.8) is 0 Å². The quantitative estimate of drug-likeness (QED) is 0.819. The van der Waals surface area contributed by atoms with E-state index in [1.54, 1.807) is 30.3 Å². The number of carbonyl (C=O) groups is 3. The van der Waals surface area contributed by atoms with E-state index in [0.717, 1.165) is 6.42 Å². The second-order valence-corrected chi connectivity index (χ2v) is 6.77. The molecule has 134 valence electrons. The van der Waals surface area contributed by atoms with Gasteiger partial charge in [-0.05, 0) is 24.8 Å². The van der Waals surface area contributed by atoms with Crippen LogP contribution in [-0.2, 0) is 14.4 Å². The number of nitrogens with one attached hydrogen (secondary N) is 1. The molecule has 1 saturated carbocycles. The largest absolute Gasteiger partial charge is 0.479 e. The third-order valence-corrected chi connectivity index (χ3v) is 5.25. The molecule has 2 aliphatic rings. The summed E-state index contributed by atoms with van der Waals surface area (Å²) in [6.07, 6.45) is 2.10. The van der Waals surface area contributed by atoms with Crippen LogP contribution in [0.3, 0.4) is 0 Å². The molecule has 2 unspecified atom stereocenters. The van der Waals surface area contributed by atoms with E-state index in [9.17, 15) is 23.9 Å². The Balaban J connectivity index is 1.72. The molecule has 2 amide bonds. The van der Waals surface area contributed by atoms with E-state index < -0.39 is 42.0 Å². The molecule has 2 fully saturated rings. The summed E-state index contributed by atoms with van der Waals surface area (Å²) in [6.45, 7) is -0.497. The first-order chi connectivity index (χ1) is 12.0. The van der Waals surface area contributed by atoms with Crippen LogP contribution in [0.5, 0.6) is 0 Å². The molecule has 0 radical (unpaired) electrons. The number of benzene rings is 1. The minimum atomic E-state index is -1.12. The number of aliphatic carboxylic acids is 1. The second-order valence-electron chi connectivity index (χ2n) is 6.77. The lowest BCUT2D eigenvalue weighted by atomic mass is 9.69. The zero-order valence-electron chi connectivity index (χ0n) is 13.8. The normalized spacial score (nSPS) is 23.0. The van der Waals surface area contributed by atoms with Gasteiger partial charge in [-0.25, -0.2) is 9.18 Å². The van der Waals surface area contributed by atoms with Crippen molar-refractivity contribution in [1.82, 2.24) is 10.2 Å². The highest BCUT2D eigenvalue weighted by molar-refractivity contribution is 5.94. The van der Waals surface area contributed by atoms with E-state index in [1.165, 1.54) is 4.90 Å². The summed E-state index contributed by atoms with van der Waals surface area (Å²) in [5.74, 6) is -1.99. The standard InChI is InChI=1S/C18H21FN2O4/c19-11-18(8-4-9-18)17(25)20-13-7-10-21(15(13)22)14(16(23)24)12-5-2-1-3-6-12/h1-3,5-6,13-14H,4,7-11H2,(H,20,25)(H,23,24). The molecule has 1 aliphatic carbocycles. The lowest BCUT2D eigenvalue weighted by Gasteiger charge is -2.38. The summed E-state index contributed by atoms with van der Waals surface area (Å²) in [5.41, 5.74) is -0.492. The highest BCUT2D eigenvalue weighted by Crippen LogP contribution is 2.41. The Morgan fingerprint density at radius 1 is 1.32 bits per heavy atom. The number of hydrogen-bond donors (Lipinski definition) is 2. The van der Waals surface area contributed by atoms with Crippen molar-refractivity contribution in [2.45, 2.75) is 37.8 Å². The van der Waals surface area contributed by atoms with Crippen LogP contribution in [0.1, 0.15) is 37.3 Å². The molecular formula is C18H21FN2O4. The fourth-order valence-electron chi connectivity index (χ4n) is 3.52. The molecule has 1 aliphatic heterocycles. The maximum atomic E-state index is 13.2. The fourth-order valence-corrected chi connectivity index (χ4v) is 3.52. The van der Waals surface area contributed by atoms with Crippen LogP contribution in [-0.4, -0.2) is 47.1 Å². The van der Waals surface area contributed by atoms with Crippen molar-refractivity contribution in [3.05, 3.63) is 35.9 Å². The molecule has 2 N–H and O–H groups in total. The van der Waals surface area contributed by atoms with E-state index in [-0.39, 0.29) is 6.54 Å². The Labute approximate surface area is 145 Å². The monoisotopic (exact) mass is 348 g/mol. The number of hydrogen-bond acceptors (Lipinski definition) is 3. The number of alkyl halides is 1. The smallest absolute Gasteiger partial charge is 0.331 e. The first kappa shape index (κ1) is 17.4. The Hall–Kier alpha value is -2.44. The van der Waals surface area contributed by atoms with Gasteiger partial charge in [0.2, 0.25) is 11.8 Å². The first-order valence-corrected chi connectivity index (χ1v) is 8.44. The molecule has 1 saturated heterocycles. The number of halogens is 1. The topological polar surface area (TPSA) is 86.7 Å². The van der Waals surface area contributed by atoms with Gasteiger partial charge < -0.3 is 15.3 Å². The number of carboxylic acids is 1. The summed E-state index contributed by atoms with van der Waals surface area (Å²) in [6, 6.07) is 6.64. The molecule has 0 spiro atoms. The highest BCUT2D eigenvalue weighted by Gasteiger charge is 2.47. The van der Waals surface area contributed by atoms with E-state index in [1.807, 2.05) is 0 Å². The summed E-state index contributed by atoms with van der Waals surface area (Å²) in [5, 5.41) is 12.2. The minimum Gasteiger partial charge on any atom is -0.479 e. The van der Waals surface area contributed by atoms with Gasteiger partial charge in [0.05, 0.1) is 5.41 Å². The Morgan fingerprint density at radius 3 is 2.52 bits per heavy atom. The van der Waals surface area contributed by atoms with Crippen LogP contribution >= 0.6 is 0 Å². The van der Waals surface area contributed by atoms with E-state index >= 15 is 0 Å². The number of nitrogens with zero attached hydrogens (tertiary/aromatic N) is 1. The molecule has 1 heterocycles. The lowest BCUT2D eigenvalue weighted by Crippen LogP contribution is -2.52. The summed E-state index contributed by atoms with van der Waals surface area (Å²) in [4.78, 5) is 37.9. The van der Waals surface area contributed by atoms with Crippen LogP contribution in [0.15, 0.2) is 30.3 Å². The van der Waals surface area contributed by atoms with Gasteiger partial charge in [-0.2, -0.15) is 0 Å². The lowest BCUT2D eigenvalue weighted by molar-refractivity contribution is -0.149. The van der Waals surface area contributed by atoms with Gasteiger partial charge in [-0.15, -0.1) is 0 Å². The van der Waals surface area contributed by atoms with Crippen LogP contribution in [0.4, 0.5) is 4.39 Å². The minimum absolute atomic E-state index is 0.234. The van der Waals surface area contributed by atoms with Crippen molar-refractivity contribution in [1.29, 1.82) is 0 Å². The average molecular weight is 348 g/mol. The van der Waals surface area contributed by atoms with Crippen molar-refractivity contribution in [2.75, 3.05) is 13.2 Å². The van der Waals surface area contributed by atoms with Gasteiger partial charge in [0.1, 0.15) is 12.7 Å². The van der Waals surface area contributed by atoms with E-state index in [0.29, 0.717) is 24.8 Å². The third kappa shape index (κ3) is 3.10. The van der Waals surface area contributed by atoms with Gasteiger partial charge in [-0.1, -0.05) is 36.8 Å². The Bertz CT molecular complexity index is 669. The van der Waals surface area contributed by atoms with Crippen LogP contribution in [0, 0.1) is 5.41 Å². The predicted molar refractivity (Wildman–Crippen MR) is 87.3 cm³/mol. The van der Waals surface area contributed by atoms with Crippen LogP contribution in [0.2, 0.25) is 0 Å². The van der Waals surface area contributed by atoms with Crippen LogP contribution in [0.25, 0.3) is 0 Å². The summed E-state index contributed by atoms with van der Waals surface area (Å²) in [7, 11) is 0. The molecule has 1 aromatic rings. The summed E-state index contributed by atoms with van der Waals surface area (Å²) < 4.78 is 13.2. The average Bonchev–Trinajstić information content (AvgIpc) is 2.89. The first-order valence-electron chi connectivity index (χ1n) is 8.44. The SMILES string of the molecule is O=C(O)C(c1ccccc1)N1CCC(NC(=O)C2(CF)CCC2)C1=O. The summed E-state index contributed by atoms with van der Waals surface area (Å²) >= 11 is 0. The zero-order chi connectivity index (χ0) is 18.0. The van der Waals surface area contributed by atoms with Crippen molar-refractivity contribution < 1.29 is 23.9 Å². The number of carbonyl (C=O) groups excluding carboxylic acids is 2. The molecule has 6 nitrogen and oxygen atoms in total. The van der Waals surface area contributed by atoms with Gasteiger partial charge in [0.15, 0.2) is 6.04 Å². The van der Waals surface area contributed by atoms with Crippen molar-refractivity contribution >= 4 is 17.8 Å². The number of carboxylic acid groups (broad SMARTS) is 1. The zero-order valence-corrected chi connectivity index (χ0v) is 13.8. The fraction of sp³-hybridized carbons (Fsp3) is 0.500. The molecule has 1 aromatic carbocycles. The number of amides is 2. The van der Waals surface area contributed by atoms with Gasteiger partial charge in [0.25, 0.3) is 0 Å². The second kappa shape index (κ2) is 6.82. The molecule has 0 aromatic heterocycles. The van der Waals surface area contributed by atoms with Gasteiger partial charge >= 0.3 is 5.97 Å². The van der Waals surface area contributed by atoms with Crippen molar-refractivity contribution in [3.8, 4) is 0 Å². The Morgan fingerprint density at radius 2 is 2.00 bits per heavy atom. The van der Waals surface area contributed by atoms with Crippen LogP contribution < -0.4 is 5.32 Å². The predicted octanol–water partition coefficient (Wildman–Crippen LogP) is 1.67.